The van der Waals surface area contributed by atoms with E-state index in [2.05, 4.69) is 41.1 Å². The number of likely N-dealkylation sites (tertiary alicyclic amines) is 1. The maximum atomic E-state index is 12.8. The summed E-state index contributed by atoms with van der Waals surface area (Å²) in [7, 11) is 1.69. The Kier molecular flexibility index (Phi) is 7.53. The van der Waals surface area contributed by atoms with Gasteiger partial charge in [0, 0.05) is 30.9 Å². The average Bonchev–Trinajstić information content (AvgIpc) is 3.30. The third kappa shape index (κ3) is 5.30. The molecule has 1 N–H and O–H groups in total. The van der Waals surface area contributed by atoms with Crippen molar-refractivity contribution in [3.8, 4) is 5.75 Å². The summed E-state index contributed by atoms with van der Waals surface area (Å²) in [5, 5.41) is 3.15. The first-order chi connectivity index (χ1) is 14.2. The highest BCUT2D eigenvalue weighted by atomic mass is 16.5. The summed E-state index contributed by atoms with van der Waals surface area (Å²) in [6.07, 6.45) is 2.42. The zero-order chi connectivity index (χ0) is 20.6. The Bertz CT molecular complexity index is 781. The smallest absolute Gasteiger partial charge is 0.251 e. The second-order valence-electron chi connectivity index (χ2n) is 7.46. The molecule has 0 spiro atoms. The van der Waals surface area contributed by atoms with E-state index in [1.54, 1.807) is 7.11 Å². The van der Waals surface area contributed by atoms with Gasteiger partial charge in [0.2, 0.25) is 0 Å². The lowest BCUT2D eigenvalue weighted by Crippen LogP contribution is -2.36. The fourth-order valence-electron chi connectivity index (χ4n) is 4.06. The average molecular weight is 396 g/mol. The maximum absolute atomic E-state index is 12.8. The summed E-state index contributed by atoms with van der Waals surface area (Å²) in [5.74, 6) is 0.827. The molecule has 1 heterocycles. The fraction of sp³-hybridized carbons (Fsp3) is 0.458. The van der Waals surface area contributed by atoms with Crippen LogP contribution in [0.25, 0.3) is 0 Å². The van der Waals surface area contributed by atoms with Crippen molar-refractivity contribution in [3.63, 3.8) is 0 Å². The molecule has 0 bridgehead atoms. The van der Waals surface area contributed by atoms with Gasteiger partial charge in [0.15, 0.2) is 0 Å². The predicted octanol–water partition coefficient (Wildman–Crippen LogP) is 4.11. The molecule has 1 fully saturated rings. The topological polar surface area (TPSA) is 44.8 Å². The molecule has 0 aromatic heterocycles. The van der Waals surface area contributed by atoms with Crippen molar-refractivity contribution in [3.05, 3.63) is 59.7 Å². The largest absolute Gasteiger partial charge is 0.497 e. The SMILES string of the molecule is CCN(CC)c1ccc(C(=O)NCC(c2cccc(OC)c2)N2CCCC2)cc1. The molecule has 1 unspecified atom stereocenters. The summed E-state index contributed by atoms with van der Waals surface area (Å²) >= 11 is 0. The quantitative estimate of drug-likeness (QED) is 0.694. The van der Waals surface area contributed by atoms with Crippen LogP contribution in [0.1, 0.15) is 48.7 Å². The van der Waals surface area contributed by atoms with E-state index in [0.29, 0.717) is 12.1 Å². The summed E-state index contributed by atoms with van der Waals surface area (Å²) < 4.78 is 5.40. The number of nitrogens with one attached hydrogen (secondary N) is 1. The summed E-state index contributed by atoms with van der Waals surface area (Å²) in [6, 6.07) is 16.2. The van der Waals surface area contributed by atoms with Crippen LogP contribution in [0, 0.1) is 0 Å². The molecule has 1 amide bonds. The van der Waals surface area contributed by atoms with Crippen LogP contribution in [0.3, 0.4) is 0 Å². The molecule has 1 saturated heterocycles. The number of carbonyl (C=O) groups is 1. The molecule has 1 atom stereocenters. The van der Waals surface area contributed by atoms with Crippen LogP contribution in [-0.2, 0) is 0 Å². The van der Waals surface area contributed by atoms with Gasteiger partial charge in [0.1, 0.15) is 5.75 Å². The van der Waals surface area contributed by atoms with Gasteiger partial charge in [-0.25, -0.2) is 0 Å². The molecule has 3 rings (SSSR count). The third-order valence-corrected chi connectivity index (χ3v) is 5.77. The van der Waals surface area contributed by atoms with Crippen molar-refractivity contribution in [1.29, 1.82) is 0 Å². The second kappa shape index (κ2) is 10.3. The van der Waals surface area contributed by atoms with Crippen molar-refractivity contribution in [1.82, 2.24) is 10.2 Å². The van der Waals surface area contributed by atoms with Gasteiger partial charge in [-0.15, -0.1) is 0 Å². The molecular weight excluding hydrogens is 362 g/mol. The van der Waals surface area contributed by atoms with Crippen molar-refractivity contribution in [2.75, 3.05) is 44.7 Å². The van der Waals surface area contributed by atoms with Crippen LogP contribution in [0.2, 0.25) is 0 Å². The van der Waals surface area contributed by atoms with Crippen molar-refractivity contribution in [2.24, 2.45) is 0 Å². The van der Waals surface area contributed by atoms with Crippen LogP contribution in [-0.4, -0.2) is 50.6 Å². The number of hydrogen-bond donors (Lipinski definition) is 1. The molecule has 0 aliphatic carbocycles. The second-order valence-corrected chi connectivity index (χ2v) is 7.46. The minimum absolute atomic E-state index is 0.0248. The minimum Gasteiger partial charge on any atom is -0.497 e. The van der Waals surface area contributed by atoms with Gasteiger partial charge < -0.3 is 15.0 Å². The van der Waals surface area contributed by atoms with E-state index in [0.717, 1.165) is 37.6 Å². The number of hydrogen-bond acceptors (Lipinski definition) is 4. The van der Waals surface area contributed by atoms with Gasteiger partial charge in [-0.3, -0.25) is 9.69 Å². The normalized spacial score (nSPS) is 15.1. The van der Waals surface area contributed by atoms with E-state index in [1.807, 2.05) is 36.4 Å². The van der Waals surface area contributed by atoms with Crippen LogP contribution >= 0.6 is 0 Å². The molecule has 5 nitrogen and oxygen atoms in total. The highest BCUT2D eigenvalue weighted by Gasteiger charge is 2.24. The van der Waals surface area contributed by atoms with Crippen molar-refractivity contribution >= 4 is 11.6 Å². The van der Waals surface area contributed by atoms with Gasteiger partial charge >= 0.3 is 0 Å². The number of ether oxygens (including phenoxy) is 1. The Labute approximate surface area is 174 Å². The van der Waals surface area contributed by atoms with Gasteiger partial charge in [-0.05, 0) is 81.7 Å². The first-order valence-electron chi connectivity index (χ1n) is 10.7. The van der Waals surface area contributed by atoms with Crippen LogP contribution < -0.4 is 15.0 Å². The van der Waals surface area contributed by atoms with Gasteiger partial charge in [-0.1, -0.05) is 12.1 Å². The highest BCUT2D eigenvalue weighted by Crippen LogP contribution is 2.27. The maximum Gasteiger partial charge on any atom is 0.251 e. The van der Waals surface area contributed by atoms with Crippen LogP contribution in [0.5, 0.6) is 5.75 Å². The Balaban J connectivity index is 1.69. The van der Waals surface area contributed by atoms with E-state index < -0.39 is 0 Å². The van der Waals surface area contributed by atoms with E-state index >= 15 is 0 Å². The zero-order valence-corrected chi connectivity index (χ0v) is 17.9. The summed E-state index contributed by atoms with van der Waals surface area (Å²) in [5.41, 5.74) is 3.04. The summed E-state index contributed by atoms with van der Waals surface area (Å²) in [6.45, 7) is 8.92. The predicted molar refractivity (Wildman–Crippen MR) is 119 cm³/mol. The third-order valence-electron chi connectivity index (χ3n) is 5.77. The minimum atomic E-state index is -0.0248. The lowest BCUT2D eigenvalue weighted by atomic mass is 10.0. The van der Waals surface area contributed by atoms with E-state index in [1.165, 1.54) is 18.4 Å². The number of nitrogens with zero attached hydrogens (tertiary/aromatic N) is 2. The molecule has 0 saturated carbocycles. The lowest BCUT2D eigenvalue weighted by Gasteiger charge is -2.28. The molecule has 1 aliphatic rings. The molecule has 0 radical (unpaired) electrons. The van der Waals surface area contributed by atoms with Crippen LogP contribution in [0.15, 0.2) is 48.5 Å². The van der Waals surface area contributed by atoms with Crippen molar-refractivity contribution in [2.45, 2.75) is 32.7 Å². The molecule has 2 aromatic rings. The first kappa shape index (κ1) is 21.2. The van der Waals surface area contributed by atoms with E-state index in [9.17, 15) is 4.79 Å². The van der Waals surface area contributed by atoms with E-state index in [4.69, 9.17) is 4.74 Å². The molecule has 5 heteroatoms. The van der Waals surface area contributed by atoms with Crippen molar-refractivity contribution < 1.29 is 9.53 Å². The molecule has 1 aliphatic heterocycles. The van der Waals surface area contributed by atoms with E-state index in [-0.39, 0.29) is 11.9 Å². The Morgan fingerprint density at radius 1 is 1.10 bits per heavy atom. The Morgan fingerprint density at radius 2 is 1.79 bits per heavy atom. The van der Waals surface area contributed by atoms with Gasteiger partial charge in [-0.2, -0.15) is 0 Å². The van der Waals surface area contributed by atoms with Crippen LogP contribution in [0.4, 0.5) is 5.69 Å². The number of anilines is 1. The van der Waals surface area contributed by atoms with Gasteiger partial charge in [0.25, 0.3) is 5.91 Å². The Morgan fingerprint density at radius 3 is 2.41 bits per heavy atom. The first-order valence-corrected chi connectivity index (χ1v) is 10.7. The summed E-state index contributed by atoms with van der Waals surface area (Å²) in [4.78, 5) is 17.5. The number of methoxy groups -OCH3 is 1. The zero-order valence-electron chi connectivity index (χ0n) is 17.9. The fourth-order valence-corrected chi connectivity index (χ4v) is 4.06. The highest BCUT2D eigenvalue weighted by molar-refractivity contribution is 5.94. The molecule has 156 valence electrons. The monoisotopic (exact) mass is 395 g/mol. The molecular formula is C24H33N3O2. The lowest BCUT2D eigenvalue weighted by molar-refractivity contribution is 0.0938. The molecule has 29 heavy (non-hydrogen) atoms. The number of carbonyl (C=O) groups excluding carboxylic acids is 1. The number of amides is 1. The molecule has 2 aromatic carbocycles. The number of benzene rings is 2. The van der Waals surface area contributed by atoms with Gasteiger partial charge in [0.05, 0.1) is 13.2 Å². The standard InChI is InChI=1S/C24H33N3O2/c1-4-26(5-2)21-13-11-19(12-14-21)24(28)25-18-23(27-15-6-7-16-27)20-9-8-10-22(17-20)29-3/h8-14,17,23H,4-7,15-16,18H2,1-3H3,(H,25,28). The number of rotatable bonds is 9. The Hall–Kier alpha value is -2.53.